The molecule has 0 radical (unpaired) electrons. The first-order valence-electron chi connectivity index (χ1n) is 7.66. The number of aliphatic imine (C=N–C) groups is 1. The van der Waals surface area contributed by atoms with E-state index in [-0.39, 0.29) is 24.0 Å². The van der Waals surface area contributed by atoms with Crippen molar-refractivity contribution < 1.29 is 4.42 Å². The van der Waals surface area contributed by atoms with Gasteiger partial charge in [-0.05, 0) is 27.2 Å². The van der Waals surface area contributed by atoms with E-state index in [0.29, 0.717) is 12.4 Å². The molecule has 24 heavy (non-hydrogen) atoms. The van der Waals surface area contributed by atoms with Crippen LogP contribution in [0.15, 0.2) is 25.3 Å². The lowest BCUT2D eigenvalue weighted by Crippen LogP contribution is -2.37. The van der Waals surface area contributed by atoms with Crippen LogP contribution >= 0.6 is 47.1 Å². The zero-order valence-corrected chi connectivity index (χ0v) is 18.1. The summed E-state index contributed by atoms with van der Waals surface area (Å²) in [4.78, 5) is 13.1. The van der Waals surface area contributed by atoms with Gasteiger partial charge in [0.15, 0.2) is 5.96 Å². The molecule has 0 unspecified atom stereocenters. The summed E-state index contributed by atoms with van der Waals surface area (Å²) in [5.74, 6) is 3.34. The quantitative estimate of drug-likeness (QED) is 0.197. The third-order valence-corrected chi connectivity index (χ3v) is 5.09. The van der Waals surface area contributed by atoms with Gasteiger partial charge in [-0.3, -0.25) is 0 Å². The number of aryl methyl sites for hydroxylation is 2. The van der Waals surface area contributed by atoms with Gasteiger partial charge in [-0.25, -0.2) is 15.0 Å². The summed E-state index contributed by atoms with van der Waals surface area (Å²) in [5.41, 5.74) is 0.923. The fraction of sp³-hybridized carbons (Fsp3) is 0.533. The van der Waals surface area contributed by atoms with Crippen LogP contribution in [0.1, 0.15) is 30.7 Å². The Morgan fingerprint density at radius 2 is 2.21 bits per heavy atom. The molecule has 0 amide bonds. The van der Waals surface area contributed by atoms with Crippen LogP contribution in [-0.2, 0) is 6.54 Å². The van der Waals surface area contributed by atoms with E-state index in [0.717, 1.165) is 47.0 Å². The Labute approximate surface area is 168 Å². The zero-order chi connectivity index (χ0) is 16.5. The van der Waals surface area contributed by atoms with Gasteiger partial charge < -0.3 is 15.1 Å². The lowest BCUT2D eigenvalue weighted by atomic mass is 10.4. The van der Waals surface area contributed by atoms with Gasteiger partial charge in [-0.15, -0.1) is 35.3 Å². The van der Waals surface area contributed by atoms with Crippen LogP contribution in [0.3, 0.4) is 0 Å². The molecule has 0 aliphatic rings. The molecule has 0 aliphatic carbocycles. The minimum Gasteiger partial charge on any atom is -0.444 e. The van der Waals surface area contributed by atoms with Crippen LogP contribution in [0.25, 0.3) is 0 Å². The molecular formula is C15H24IN5OS2. The number of oxazole rings is 1. The van der Waals surface area contributed by atoms with Crippen LogP contribution in [0.5, 0.6) is 0 Å². The molecule has 2 heterocycles. The molecule has 9 heteroatoms. The fourth-order valence-electron chi connectivity index (χ4n) is 1.82. The number of halogens is 1. The number of guanidine groups is 1. The summed E-state index contributed by atoms with van der Waals surface area (Å²) in [6, 6.07) is 0. The van der Waals surface area contributed by atoms with Gasteiger partial charge in [-0.1, -0.05) is 11.8 Å². The third-order valence-electron chi connectivity index (χ3n) is 3.04. The Hall–Kier alpha value is -0.810. The monoisotopic (exact) mass is 481 g/mol. The molecule has 0 atom stereocenters. The Bertz CT molecular complexity index is 596. The number of thioether (sulfide) groups is 1. The molecule has 0 spiro atoms. The van der Waals surface area contributed by atoms with E-state index in [1.807, 2.05) is 25.4 Å². The fourth-order valence-corrected chi connectivity index (χ4v) is 3.46. The van der Waals surface area contributed by atoms with Crippen LogP contribution in [0.2, 0.25) is 0 Å². The highest BCUT2D eigenvalue weighted by Gasteiger charge is 2.05. The topological polar surface area (TPSA) is 75.3 Å². The second-order valence-corrected chi connectivity index (χ2v) is 7.11. The predicted octanol–water partition coefficient (Wildman–Crippen LogP) is 3.60. The first-order valence-corrected chi connectivity index (χ1v) is 9.53. The largest absolute Gasteiger partial charge is 0.444 e. The molecule has 0 aliphatic heterocycles. The van der Waals surface area contributed by atoms with Gasteiger partial charge >= 0.3 is 0 Å². The maximum absolute atomic E-state index is 5.54. The second-order valence-electron chi connectivity index (χ2n) is 4.87. The SMILES string of the molecule is CCNC(=NCc1nc(C)c(C)o1)NCCCSc1nccs1.I. The van der Waals surface area contributed by atoms with Crippen LogP contribution < -0.4 is 10.6 Å². The van der Waals surface area contributed by atoms with Crippen molar-refractivity contribution >= 4 is 53.0 Å². The molecule has 2 rings (SSSR count). The molecule has 2 aromatic rings. The van der Waals surface area contributed by atoms with Crippen LogP contribution in [0.4, 0.5) is 0 Å². The summed E-state index contributed by atoms with van der Waals surface area (Å²) < 4.78 is 6.67. The summed E-state index contributed by atoms with van der Waals surface area (Å²) in [5, 5.41) is 8.57. The molecule has 2 aromatic heterocycles. The Morgan fingerprint density at radius 3 is 2.83 bits per heavy atom. The average molecular weight is 481 g/mol. The number of hydrogen-bond donors (Lipinski definition) is 2. The van der Waals surface area contributed by atoms with E-state index in [4.69, 9.17) is 4.42 Å². The molecule has 0 saturated heterocycles. The summed E-state index contributed by atoms with van der Waals surface area (Å²) in [7, 11) is 0. The second kappa shape index (κ2) is 11.7. The molecule has 0 bridgehead atoms. The van der Waals surface area contributed by atoms with Gasteiger partial charge in [0.05, 0.1) is 5.69 Å². The van der Waals surface area contributed by atoms with Gasteiger partial charge in [0, 0.05) is 30.4 Å². The Kier molecular flexibility index (Phi) is 10.3. The van der Waals surface area contributed by atoms with E-state index in [1.54, 1.807) is 23.1 Å². The predicted molar refractivity (Wildman–Crippen MR) is 112 cm³/mol. The summed E-state index contributed by atoms with van der Waals surface area (Å²) >= 11 is 3.47. The molecule has 0 fully saturated rings. The maximum atomic E-state index is 5.54. The van der Waals surface area contributed by atoms with Crippen molar-refractivity contribution in [3.05, 3.63) is 28.9 Å². The van der Waals surface area contributed by atoms with Crippen molar-refractivity contribution in [2.45, 2.75) is 38.1 Å². The summed E-state index contributed by atoms with van der Waals surface area (Å²) in [6.07, 6.45) is 2.89. The molecular weight excluding hydrogens is 457 g/mol. The smallest absolute Gasteiger partial charge is 0.216 e. The maximum Gasteiger partial charge on any atom is 0.216 e. The van der Waals surface area contributed by atoms with Gasteiger partial charge in [-0.2, -0.15) is 0 Å². The highest BCUT2D eigenvalue weighted by Crippen LogP contribution is 2.20. The van der Waals surface area contributed by atoms with Crippen molar-refractivity contribution in [3.63, 3.8) is 0 Å². The Morgan fingerprint density at radius 1 is 1.38 bits per heavy atom. The van der Waals surface area contributed by atoms with Crippen molar-refractivity contribution in [2.75, 3.05) is 18.8 Å². The van der Waals surface area contributed by atoms with Crippen LogP contribution in [0, 0.1) is 13.8 Å². The molecule has 2 N–H and O–H groups in total. The van der Waals surface area contributed by atoms with Crippen LogP contribution in [-0.4, -0.2) is 34.8 Å². The van der Waals surface area contributed by atoms with E-state index < -0.39 is 0 Å². The molecule has 6 nitrogen and oxygen atoms in total. The van der Waals surface area contributed by atoms with Crippen molar-refractivity contribution in [1.29, 1.82) is 0 Å². The minimum absolute atomic E-state index is 0. The molecule has 0 aromatic carbocycles. The minimum atomic E-state index is 0. The average Bonchev–Trinajstić information content (AvgIpc) is 3.15. The summed E-state index contributed by atoms with van der Waals surface area (Å²) in [6.45, 7) is 8.04. The lowest BCUT2D eigenvalue weighted by molar-refractivity contribution is 0.473. The number of thiazole rings is 1. The van der Waals surface area contributed by atoms with E-state index in [1.165, 1.54) is 0 Å². The highest BCUT2D eigenvalue weighted by atomic mass is 127. The van der Waals surface area contributed by atoms with Gasteiger partial charge in [0.2, 0.25) is 5.89 Å². The van der Waals surface area contributed by atoms with E-state index in [2.05, 4.69) is 32.5 Å². The van der Waals surface area contributed by atoms with Crippen molar-refractivity contribution in [2.24, 2.45) is 4.99 Å². The first kappa shape index (κ1) is 21.2. The van der Waals surface area contributed by atoms with E-state index in [9.17, 15) is 0 Å². The number of aromatic nitrogens is 2. The van der Waals surface area contributed by atoms with Gasteiger partial charge in [0.1, 0.15) is 16.6 Å². The number of nitrogens with one attached hydrogen (secondary N) is 2. The Balaban J connectivity index is 0.00000288. The van der Waals surface area contributed by atoms with E-state index >= 15 is 0 Å². The first-order chi connectivity index (χ1) is 11.2. The number of rotatable bonds is 8. The normalized spacial score (nSPS) is 11.2. The molecule has 134 valence electrons. The lowest BCUT2D eigenvalue weighted by Gasteiger charge is -2.10. The molecule has 0 saturated carbocycles. The standard InChI is InChI=1S/C15H23N5OS2.HI/c1-4-16-14(19-10-13-20-11(2)12(3)21-13)17-6-5-8-22-15-18-7-9-23-15;/h7,9H,4-6,8,10H2,1-3H3,(H2,16,17,19);1H. The van der Waals surface area contributed by atoms with Gasteiger partial charge in [0.25, 0.3) is 0 Å². The third kappa shape index (κ3) is 7.39. The zero-order valence-electron chi connectivity index (χ0n) is 14.2. The number of hydrogen-bond acceptors (Lipinski definition) is 6. The highest BCUT2D eigenvalue weighted by molar-refractivity contribution is 14.0. The number of nitrogens with zero attached hydrogens (tertiary/aromatic N) is 3. The van der Waals surface area contributed by atoms with Crippen molar-refractivity contribution in [3.8, 4) is 0 Å². The van der Waals surface area contributed by atoms with Crippen molar-refractivity contribution in [1.82, 2.24) is 20.6 Å².